The van der Waals surface area contributed by atoms with Crippen LogP contribution in [-0.4, -0.2) is 73.1 Å². The first-order valence-electron chi connectivity index (χ1n) is 14.8. The first-order valence-corrected chi connectivity index (χ1v) is 15.2. The smallest absolute Gasteiger partial charge is 0.393 e. The Hall–Kier alpha value is -4.18. The molecule has 47 heavy (non-hydrogen) atoms. The Kier molecular flexibility index (Phi) is 8.91. The lowest BCUT2D eigenvalue weighted by Crippen LogP contribution is -2.39. The first kappa shape index (κ1) is 32.7. The summed E-state index contributed by atoms with van der Waals surface area (Å²) in [6.07, 6.45) is -0.780. The minimum atomic E-state index is -4.99. The standard InChI is InChI=1S/C30H30ClF6N9O/c1-43-16-20(13-41-43)19-11-38-27(39-12-19)46(15-18-8-21(29(32,33)34)10-22(9-18)30(35,36)37)23-2-5-45(17-23)26-25(31)14-40-28(42-26)44-6-3-24(47)4-7-44/h8-14,16,23-24,47H,2-7,15,17H2,1H3. The van der Waals surface area contributed by atoms with Gasteiger partial charge in [-0.2, -0.15) is 36.4 Å². The second-order valence-corrected chi connectivity index (χ2v) is 12.1. The summed E-state index contributed by atoms with van der Waals surface area (Å²) < 4.78 is 83.9. The molecule has 4 aromatic rings. The number of rotatable bonds is 7. The van der Waals surface area contributed by atoms with Gasteiger partial charge in [0.05, 0.1) is 35.7 Å². The monoisotopic (exact) mass is 681 g/mol. The Morgan fingerprint density at radius 2 is 1.49 bits per heavy atom. The summed E-state index contributed by atoms with van der Waals surface area (Å²) in [6.45, 7) is 1.55. The van der Waals surface area contributed by atoms with Crippen LogP contribution in [0, 0.1) is 0 Å². The molecule has 6 rings (SSSR count). The van der Waals surface area contributed by atoms with E-state index in [9.17, 15) is 31.4 Å². The third kappa shape index (κ3) is 7.38. The third-order valence-electron chi connectivity index (χ3n) is 8.30. The lowest BCUT2D eigenvalue weighted by Gasteiger charge is -2.31. The van der Waals surface area contributed by atoms with Crippen molar-refractivity contribution < 1.29 is 31.4 Å². The van der Waals surface area contributed by atoms with E-state index in [-0.39, 0.29) is 36.8 Å². The van der Waals surface area contributed by atoms with E-state index in [0.29, 0.717) is 61.2 Å². The van der Waals surface area contributed by atoms with E-state index in [2.05, 4.69) is 20.1 Å². The molecule has 2 aliphatic rings. The van der Waals surface area contributed by atoms with E-state index >= 15 is 0 Å². The molecule has 10 nitrogen and oxygen atoms in total. The Balaban J connectivity index is 1.32. The highest BCUT2D eigenvalue weighted by Crippen LogP contribution is 2.38. The van der Waals surface area contributed by atoms with Gasteiger partial charge in [0.1, 0.15) is 5.02 Å². The quantitative estimate of drug-likeness (QED) is 0.250. The summed E-state index contributed by atoms with van der Waals surface area (Å²) in [5.41, 5.74) is -1.61. The molecule has 0 bridgehead atoms. The molecule has 0 saturated carbocycles. The molecular weight excluding hydrogens is 652 g/mol. The zero-order valence-electron chi connectivity index (χ0n) is 25.0. The number of aromatic nitrogens is 6. The Bertz CT molecular complexity index is 1680. The highest BCUT2D eigenvalue weighted by atomic mass is 35.5. The van der Waals surface area contributed by atoms with Crippen LogP contribution >= 0.6 is 11.6 Å². The van der Waals surface area contributed by atoms with Crippen LogP contribution in [0.4, 0.5) is 44.1 Å². The van der Waals surface area contributed by atoms with E-state index < -0.39 is 29.5 Å². The zero-order valence-corrected chi connectivity index (χ0v) is 25.8. The van der Waals surface area contributed by atoms with E-state index in [4.69, 9.17) is 16.6 Å². The van der Waals surface area contributed by atoms with Crippen LogP contribution in [0.15, 0.2) is 49.2 Å². The van der Waals surface area contributed by atoms with Crippen molar-refractivity contribution in [1.82, 2.24) is 29.7 Å². The predicted molar refractivity (Wildman–Crippen MR) is 162 cm³/mol. The molecule has 0 aliphatic carbocycles. The van der Waals surface area contributed by atoms with Crippen LogP contribution < -0.4 is 14.7 Å². The Morgan fingerprint density at radius 3 is 2.09 bits per heavy atom. The number of aliphatic hydroxyl groups excluding tert-OH is 1. The number of hydrogen-bond donors (Lipinski definition) is 1. The predicted octanol–water partition coefficient (Wildman–Crippen LogP) is 5.60. The summed E-state index contributed by atoms with van der Waals surface area (Å²) in [6, 6.07) is 1.13. The lowest BCUT2D eigenvalue weighted by atomic mass is 10.0. The van der Waals surface area contributed by atoms with E-state index in [0.717, 1.165) is 17.7 Å². The van der Waals surface area contributed by atoms with Crippen molar-refractivity contribution >= 4 is 29.3 Å². The molecule has 17 heteroatoms. The summed E-state index contributed by atoms with van der Waals surface area (Å²) >= 11 is 6.53. The molecule has 1 aromatic carbocycles. The fraction of sp³-hybridized carbons (Fsp3) is 0.433. The molecule has 3 aromatic heterocycles. The number of piperidine rings is 1. The minimum absolute atomic E-state index is 0.113. The summed E-state index contributed by atoms with van der Waals surface area (Å²) in [5.74, 6) is 1.04. The number of aliphatic hydroxyl groups is 1. The van der Waals surface area contributed by atoms with Crippen LogP contribution in [0.25, 0.3) is 11.1 Å². The second kappa shape index (κ2) is 12.8. The van der Waals surface area contributed by atoms with Crippen molar-refractivity contribution in [1.29, 1.82) is 0 Å². The molecule has 0 spiro atoms. The fourth-order valence-corrected chi connectivity index (χ4v) is 6.05. The third-order valence-corrected chi connectivity index (χ3v) is 8.56. The number of benzene rings is 1. The maximum Gasteiger partial charge on any atom is 0.416 e. The number of alkyl halides is 6. The van der Waals surface area contributed by atoms with Gasteiger partial charge in [-0.3, -0.25) is 4.68 Å². The van der Waals surface area contributed by atoms with Crippen LogP contribution in [-0.2, 0) is 25.9 Å². The molecule has 0 amide bonds. The molecular formula is C30H30ClF6N9O. The maximum absolute atomic E-state index is 13.7. The molecule has 2 saturated heterocycles. The van der Waals surface area contributed by atoms with Gasteiger partial charge in [-0.25, -0.2) is 15.0 Å². The maximum atomic E-state index is 13.7. The number of nitrogens with zero attached hydrogens (tertiary/aromatic N) is 9. The number of halogens is 7. The van der Waals surface area contributed by atoms with Gasteiger partial charge in [-0.15, -0.1) is 0 Å². The fourth-order valence-electron chi connectivity index (χ4n) is 5.84. The van der Waals surface area contributed by atoms with Crippen molar-refractivity contribution in [3.63, 3.8) is 0 Å². The zero-order chi connectivity index (χ0) is 33.5. The number of aryl methyl sites for hydroxylation is 1. The average molecular weight is 682 g/mol. The lowest BCUT2D eigenvalue weighted by molar-refractivity contribution is -0.143. The normalized spacial score (nSPS) is 17.9. The van der Waals surface area contributed by atoms with Crippen molar-refractivity contribution in [2.45, 2.75) is 50.3 Å². The van der Waals surface area contributed by atoms with Crippen LogP contribution in [0.5, 0.6) is 0 Å². The summed E-state index contributed by atoms with van der Waals surface area (Å²) in [5, 5.41) is 14.3. The van der Waals surface area contributed by atoms with Crippen molar-refractivity contribution in [3.8, 4) is 11.1 Å². The minimum Gasteiger partial charge on any atom is -0.393 e. The molecule has 5 heterocycles. The second-order valence-electron chi connectivity index (χ2n) is 11.7. The van der Waals surface area contributed by atoms with Crippen LogP contribution in [0.2, 0.25) is 5.02 Å². The SMILES string of the molecule is Cn1cc(-c2cnc(N(Cc3cc(C(F)(F)F)cc(C(F)(F)F)c3)C3CCN(c4nc(N5CCC(O)CC5)ncc4Cl)C3)nc2)cn1. The average Bonchev–Trinajstić information content (AvgIpc) is 3.69. The van der Waals surface area contributed by atoms with Crippen molar-refractivity contribution in [2.75, 3.05) is 40.9 Å². The van der Waals surface area contributed by atoms with Gasteiger partial charge in [0.2, 0.25) is 11.9 Å². The van der Waals surface area contributed by atoms with E-state index in [1.54, 1.807) is 29.0 Å². The van der Waals surface area contributed by atoms with Crippen LogP contribution in [0.1, 0.15) is 36.0 Å². The van der Waals surface area contributed by atoms with Gasteiger partial charge >= 0.3 is 12.4 Å². The molecule has 2 aliphatic heterocycles. The summed E-state index contributed by atoms with van der Waals surface area (Å²) in [4.78, 5) is 23.5. The van der Waals surface area contributed by atoms with Gasteiger partial charge in [0, 0.05) is 69.5 Å². The number of anilines is 3. The molecule has 2 fully saturated rings. The topological polar surface area (TPSA) is 99.3 Å². The highest BCUT2D eigenvalue weighted by molar-refractivity contribution is 6.32. The first-order chi connectivity index (χ1) is 22.2. The largest absolute Gasteiger partial charge is 0.416 e. The highest BCUT2D eigenvalue weighted by Gasteiger charge is 2.38. The molecule has 1 unspecified atom stereocenters. The Morgan fingerprint density at radius 1 is 0.851 bits per heavy atom. The van der Waals surface area contributed by atoms with Gasteiger partial charge in [-0.05, 0) is 43.0 Å². The van der Waals surface area contributed by atoms with Crippen LogP contribution in [0.3, 0.4) is 0 Å². The van der Waals surface area contributed by atoms with Gasteiger partial charge in [-0.1, -0.05) is 11.6 Å². The van der Waals surface area contributed by atoms with Crippen molar-refractivity contribution in [2.24, 2.45) is 7.05 Å². The van der Waals surface area contributed by atoms with Crippen molar-refractivity contribution in [3.05, 3.63) is 70.9 Å². The molecule has 1 atom stereocenters. The summed E-state index contributed by atoms with van der Waals surface area (Å²) in [7, 11) is 1.75. The van der Waals surface area contributed by atoms with E-state index in [1.165, 1.54) is 18.6 Å². The van der Waals surface area contributed by atoms with Gasteiger partial charge in [0.15, 0.2) is 5.82 Å². The molecule has 1 N–H and O–H groups in total. The van der Waals surface area contributed by atoms with Gasteiger partial charge < -0.3 is 19.8 Å². The molecule has 0 radical (unpaired) electrons. The Labute approximate surface area is 270 Å². The molecule has 250 valence electrons. The van der Waals surface area contributed by atoms with Gasteiger partial charge in [0.25, 0.3) is 0 Å². The number of hydrogen-bond acceptors (Lipinski definition) is 9. The van der Waals surface area contributed by atoms with E-state index in [1.807, 2.05) is 9.80 Å².